The summed E-state index contributed by atoms with van der Waals surface area (Å²) in [7, 11) is -3.80. The van der Waals surface area contributed by atoms with Crippen LogP contribution in [0, 0.1) is 6.92 Å². The summed E-state index contributed by atoms with van der Waals surface area (Å²) in [5.74, 6) is -0.283. The number of rotatable bonds is 3. The molecule has 0 aliphatic carbocycles. The highest BCUT2D eigenvalue weighted by Crippen LogP contribution is 2.23. The van der Waals surface area contributed by atoms with Gasteiger partial charge in [0.15, 0.2) is 0 Å². The molecule has 2 rings (SSSR count). The van der Waals surface area contributed by atoms with Crippen molar-refractivity contribution >= 4 is 27.5 Å². The fraction of sp³-hybridized carbons (Fsp3) is 0.462. The zero-order chi connectivity index (χ0) is 14.8. The van der Waals surface area contributed by atoms with Crippen LogP contribution in [0.4, 0.5) is 0 Å². The lowest BCUT2D eigenvalue weighted by Crippen LogP contribution is -2.45. The second kappa shape index (κ2) is 6.11. The van der Waals surface area contributed by atoms with E-state index in [-0.39, 0.29) is 15.8 Å². The van der Waals surface area contributed by atoms with Gasteiger partial charge in [-0.2, -0.15) is 4.72 Å². The maximum Gasteiger partial charge on any atom is 0.242 e. The minimum atomic E-state index is -3.80. The highest BCUT2D eigenvalue weighted by Gasteiger charge is 2.27. The van der Waals surface area contributed by atoms with E-state index < -0.39 is 16.1 Å². The number of carbonyl (C=O) groups excluding carboxylic acids is 1. The Bertz CT molecular complexity index is 616. The van der Waals surface area contributed by atoms with Crippen molar-refractivity contribution < 1.29 is 13.2 Å². The maximum atomic E-state index is 12.3. The molecule has 2 N–H and O–H groups in total. The molecule has 1 unspecified atom stereocenters. The Hall–Kier alpha value is -1.11. The van der Waals surface area contributed by atoms with Crippen molar-refractivity contribution in [1.29, 1.82) is 0 Å². The SMILES string of the molecule is Cc1ccc(S(=O)(=O)NC2CCCCNC2=O)c(Cl)c1. The molecule has 1 aromatic rings. The molecule has 110 valence electrons. The van der Waals surface area contributed by atoms with Gasteiger partial charge in [0.1, 0.15) is 10.9 Å². The Morgan fingerprint density at radius 2 is 2.10 bits per heavy atom. The van der Waals surface area contributed by atoms with E-state index in [9.17, 15) is 13.2 Å². The third kappa shape index (κ3) is 3.50. The van der Waals surface area contributed by atoms with Gasteiger partial charge in [0.05, 0.1) is 5.02 Å². The van der Waals surface area contributed by atoms with Gasteiger partial charge >= 0.3 is 0 Å². The number of benzene rings is 1. The summed E-state index contributed by atoms with van der Waals surface area (Å²) in [5, 5.41) is 2.85. The number of amides is 1. The van der Waals surface area contributed by atoms with E-state index in [2.05, 4.69) is 10.0 Å². The van der Waals surface area contributed by atoms with Gasteiger partial charge in [-0.15, -0.1) is 0 Å². The van der Waals surface area contributed by atoms with E-state index >= 15 is 0 Å². The molecule has 1 saturated heterocycles. The molecule has 0 bridgehead atoms. The number of hydrogen-bond donors (Lipinski definition) is 2. The van der Waals surface area contributed by atoms with Crippen LogP contribution in [0.25, 0.3) is 0 Å². The molecule has 1 amide bonds. The first-order valence-electron chi connectivity index (χ1n) is 6.46. The lowest BCUT2D eigenvalue weighted by atomic mass is 10.1. The molecule has 1 aliphatic heterocycles. The van der Waals surface area contributed by atoms with Crippen LogP contribution in [0.1, 0.15) is 24.8 Å². The number of halogens is 1. The molecule has 1 aromatic carbocycles. The number of sulfonamides is 1. The highest BCUT2D eigenvalue weighted by atomic mass is 35.5. The normalized spacial score (nSPS) is 20.3. The first-order valence-corrected chi connectivity index (χ1v) is 8.32. The average Bonchev–Trinajstić information content (AvgIpc) is 2.54. The van der Waals surface area contributed by atoms with Crippen LogP contribution in [0.3, 0.4) is 0 Å². The molecule has 20 heavy (non-hydrogen) atoms. The van der Waals surface area contributed by atoms with Gasteiger partial charge in [-0.25, -0.2) is 8.42 Å². The van der Waals surface area contributed by atoms with E-state index in [0.29, 0.717) is 13.0 Å². The van der Waals surface area contributed by atoms with Gasteiger partial charge in [0, 0.05) is 6.54 Å². The molecule has 1 aliphatic rings. The van der Waals surface area contributed by atoms with Crippen LogP contribution in [0.5, 0.6) is 0 Å². The topological polar surface area (TPSA) is 75.3 Å². The third-order valence-electron chi connectivity index (χ3n) is 3.21. The summed E-state index contributed by atoms with van der Waals surface area (Å²) >= 11 is 5.98. The molecule has 0 saturated carbocycles. The molecule has 1 heterocycles. The summed E-state index contributed by atoms with van der Waals surface area (Å²) in [6.45, 7) is 2.41. The van der Waals surface area contributed by atoms with Crippen molar-refractivity contribution in [2.24, 2.45) is 0 Å². The number of nitrogens with one attached hydrogen (secondary N) is 2. The highest BCUT2D eigenvalue weighted by molar-refractivity contribution is 7.89. The first-order chi connectivity index (χ1) is 9.40. The van der Waals surface area contributed by atoms with Crippen molar-refractivity contribution in [3.05, 3.63) is 28.8 Å². The van der Waals surface area contributed by atoms with Gasteiger partial charge in [-0.3, -0.25) is 4.79 Å². The van der Waals surface area contributed by atoms with Crippen LogP contribution < -0.4 is 10.0 Å². The van der Waals surface area contributed by atoms with Gasteiger partial charge in [-0.05, 0) is 43.9 Å². The van der Waals surface area contributed by atoms with E-state index in [1.807, 2.05) is 6.92 Å². The Labute approximate surface area is 123 Å². The van der Waals surface area contributed by atoms with Crippen LogP contribution in [-0.2, 0) is 14.8 Å². The molecular formula is C13H17ClN2O3S. The van der Waals surface area contributed by atoms with Crippen LogP contribution >= 0.6 is 11.6 Å². The molecule has 1 fully saturated rings. The number of carbonyl (C=O) groups is 1. The van der Waals surface area contributed by atoms with E-state index in [4.69, 9.17) is 11.6 Å². The van der Waals surface area contributed by atoms with Gasteiger partial charge < -0.3 is 5.32 Å². The van der Waals surface area contributed by atoms with Crippen molar-refractivity contribution in [2.75, 3.05) is 6.54 Å². The predicted octanol–water partition coefficient (Wildman–Crippen LogP) is 1.60. The van der Waals surface area contributed by atoms with Gasteiger partial charge in [0.2, 0.25) is 15.9 Å². The van der Waals surface area contributed by atoms with Crippen molar-refractivity contribution in [3.8, 4) is 0 Å². The van der Waals surface area contributed by atoms with E-state index in [0.717, 1.165) is 18.4 Å². The average molecular weight is 317 g/mol. The maximum absolute atomic E-state index is 12.3. The summed E-state index contributed by atoms with van der Waals surface area (Å²) in [6, 6.07) is 3.98. The quantitative estimate of drug-likeness (QED) is 0.889. The van der Waals surface area contributed by atoms with Crippen LogP contribution in [0.15, 0.2) is 23.1 Å². The Kier molecular flexibility index (Phi) is 4.67. The van der Waals surface area contributed by atoms with Gasteiger partial charge in [-0.1, -0.05) is 17.7 Å². The summed E-state index contributed by atoms with van der Waals surface area (Å²) in [6.07, 6.45) is 2.15. The molecule has 0 aromatic heterocycles. The van der Waals surface area contributed by atoms with E-state index in [1.54, 1.807) is 12.1 Å². The van der Waals surface area contributed by atoms with Crippen LogP contribution in [0.2, 0.25) is 5.02 Å². The Morgan fingerprint density at radius 3 is 2.80 bits per heavy atom. The van der Waals surface area contributed by atoms with Crippen LogP contribution in [-0.4, -0.2) is 26.9 Å². The molecular weight excluding hydrogens is 300 g/mol. The molecule has 0 spiro atoms. The minimum absolute atomic E-state index is 0.00168. The van der Waals surface area contributed by atoms with Crippen molar-refractivity contribution in [2.45, 2.75) is 37.1 Å². The zero-order valence-electron chi connectivity index (χ0n) is 11.1. The predicted molar refractivity (Wildman–Crippen MR) is 77.2 cm³/mol. The zero-order valence-corrected chi connectivity index (χ0v) is 12.7. The first kappa shape index (κ1) is 15.3. The van der Waals surface area contributed by atoms with Gasteiger partial charge in [0.25, 0.3) is 0 Å². The number of hydrogen-bond acceptors (Lipinski definition) is 3. The third-order valence-corrected chi connectivity index (χ3v) is 5.16. The molecule has 7 heteroatoms. The summed E-state index contributed by atoms with van der Waals surface area (Å²) < 4.78 is 27.1. The molecule has 1 atom stereocenters. The smallest absolute Gasteiger partial charge is 0.242 e. The lowest BCUT2D eigenvalue weighted by molar-refractivity contribution is -0.122. The second-order valence-corrected chi connectivity index (χ2v) is 6.98. The monoisotopic (exact) mass is 316 g/mol. The second-order valence-electron chi connectivity index (χ2n) is 4.89. The standard InChI is InChI=1S/C13H17ClN2O3S/c1-9-5-6-12(10(14)8-9)20(18,19)16-11-4-2-3-7-15-13(11)17/h5-6,8,11,16H,2-4,7H2,1H3,(H,15,17). The molecule has 5 nitrogen and oxygen atoms in total. The van der Waals surface area contributed by atoms with E-state index in [1.165, 1.54) is 6.07 Å². The largest absolute Gasteiger partial charge is 0.355 e. The van der Waals surface area contributed by atoms with Crippen molar-refractivity contribution in [3.63, 3.8) is 0 Å². The lowest BCUT2D eigenvalue weighted by Gasteiger charge is -2.16. The number of aryl methyl sites for hydroxylation is 1. The summed E-state index contributed by atoms with van der Waals surface area (Å²) in [4.78, 5) is 11.8. The Balaban J connectivity index is 2.24. The fourth-order valence-corrected chi connectivity index (χ4v) is 3.96. The Morgan fingerprint density at radius 1 is 1.35 bits per heavy atom. The molecule has 0 radical (unpaired) electrons. The summed E-state index contributed by atoms with van der Waals surface area (Å²) in [5.41, 5.74) is 0.876. The fourth-order valence-electron chi connectivity index (χ4n) is 2.13. The minimum Gasteiger partial charge on any atom is -0.355 e. The van der Waals surface area contributed by atoms with Crippen molar-refractivity contribution in [1.82, 2.24) is 10.0 Å².